The number of nitrogens with zero attached hydrogens (tertiary/aromatic N) is 1. The molecule has 2 amide bonds. The van der Waals surface area contributed by atoms with Crippen molar-refractivity contribution in [1.29, 1.82) is 0 Å². The lowest BCUT2D eigenvalue weighted by Gasteiger charge is -2.19. The Bertz CT molecular complexity index is 134. The number of carbonyl (C=O) groups is 1. The Morgan fingerprint density at radius 2 is 2.08 bits per heavy atom. The van der Waals surface area contributed by atoms with Crippen molar-refractivity contribution >= 4 is 6.03 Å². The summed E-state index contributed by atoms with van der Waals surface area (Å²) >= 11 is 0. The second kappa shape index (κ2) is 5.86. The molecule has 0 aromatic rings. The zero-order valence-corrected chi connectivity index (χ0v) is 8.55. The highest BCUT2D eigenvalue weighted by Crippen LogP contribution is 1.92. The van der Waals surface area contributed by atoms with E-state index in [0.717, 1.165) is 19.4 Å². The van der Waals surface area contributed by atoms with Crippen LogP contribution in [0.15, 0.2) is 0 Å². The second-order valence-corrected chi connectivity index (χ2v) is 3.38. The summed E-state index contributed by atoms with van der Waals surface area (Å²) in [7, 11) is 1.83. The van der Waals surface area contributed by atoms with Crippen molar-refractivity contribution in [3.05, 3.63) is 0 Å². The smallest absolute Gasteiger partial charge is 0.317 e. The van der Waals surface area contributed by atoms with Crippen LogP contribution in [0.4, 0.5) is 4.79 Å². The third-order valence-corrected chi connectivity index (χ3v) is 1.61. The van der Waals surface area contributed by atoms with Crippen molar-refractivity contribution in [2.45, 2.75) is 39.7 Å². The van der Waals surface area contributed by atoms with Gasteiger partial charge in [-0.2, -0.15) is 0 Å². The molecule has 0 fully saturated rings. The van der Waals surface area contributed by atoms with E-state index in [1.54, 1.807) is 4.90 Å². The van der Waals surface area contributed by atoms with Crippen LogP contribution in [0.5, 0.6) is 0 Å². The summed E-state index contributed by atoms with van der Waals surface area (Å²) in [6.45, 7) is 6.89. The van der Waals surface area contributed by atoms with Crippen LogP contribution >= 0.6 is 0 Å². The normalized spacial score (nSPS) is 10.1. The van der Waals surface area contributed by atoms with E-state index in [9.17, 15) is 4.79 Å². The molecule has 0 radical (unpaired) electrons. The number of unbranched alkanes of at least 4 members (excludes halogenated alkanes) is 1. The third kappa shape index (κ3) is 4.99. The van der Waals surface area contributed by atoms with Gasteiger partial charge in [-0.3, -0.25) is 0 Å². The summed E-state index contributed by atoms with van der Waals surface area (Å²) in [5.41, 5.74) is 0. The fourth-order valence-electron chi connectivity index (χ4n) is 0.854. The van der Waals surface area contributed by atoms with E-state index in [1.807, 2.05) is 20.9 Å². The predicted octanol–water partition coefficient (Wildman–Crippen LogP) is 1.84. The first-order valence-electron chi connectivity index (χ1n) is 4.59. The quantitative estimate of drug-likeness (QED) is 0.689. The predicted molar refractivity (Wildman–Crippen MR) is 51.2 cm³/mol. The monoisotopic (exact) mass is 172 g/mol. The number of urea groups is 1. The van der Waals surface area contributed by atoms with Gasteiger partial charge in [0.2, 0.25) is 0 Å². The Kier molecular flexibility index (Phi) is 5.51. The molecular formula is C9H20N2O. The van der Waals surface area contributed by atoms with E-state index in [-0.39, 0.29) is 12.1 Å². The van der Waals surface area contributed by atoms with Gasteiger partial charge in [-0.25, -0.2) is 4.79 Å². The van der Waals surface area contributed by atoms with Crippen LogP contribution in [0.1, 0.15) is 33.6 Å². The van der Waals surface area contributed by atoms with Gasteiger partial charge in [0.05, 0.1) is 0 Å². The molecule has 0 rings (SSSR count). The molecule has 12 heavy (non-hydrogen) atoms. The molecule has 0 atom stereocenters. The van der Waals surface area contributed by atoms with Crippen LogP contribution in [0.3, 0.4) is 0 Å². The van der Waals surface area contributed by atoms with Gasteiger partial charge in [-0.15, -0.1) is 0 Å². The van der Waals surface area contributed by atoms with Crippen molar-refractivity contribution in [1.82, 2.24) is 10.2 Å². The van der Waals surface area contributed by atoms with Crippen LogP contribution in [-0.2, 0) is 0 Å². The molecule has 0 aliphatic heterocycles. The van der Waals surface area contributed by atoms with E-state index in [0.29, 0.717) is 0 Å². The average molecular weight is 172 g/mol. The van der Waals surface area contributed by atoms with Crippen LogP contribution in [-0.4, -0.2) is 30.6 Å². The summed E-state index contributed by atoms with van der Waals surface area (Å²) in [4.78, 5) is 13.0. The van der Waals surface area contributed by atoms with Crippen LogP contribution in [0, 0.1) is 0 Å². The number of rotatable bonds is 4. The molecule has 0 aromatic heterocycles. The van der Waals surface area contributed by atoms with Gasteiger partial charge in [-0.05, 0) is 20.3 Å². The number of carbonyl (C=O) groups excluding carboxylic acids is 1. The first-order valence-corrected chi connectivity index (χ1v) is 4.59. The van der Waals surface area contributed by atoms with E-state index >= 15 is 0 Å². The van der Waals surface area contributed by atoms with E-state index in [1.165, 1.54) is 0 Å². The molecular weight excluding hydrogens is 152 g/mol. The highest BCUT2D eigenvalue weighted by Gasteiger charge is 2.07. The van der Waals surface area contributed by atoms with Gasteiger partial charge in [0.15, 0.2) is 0 Å². The average Bonchev–Trinajstić information content (AvgIpc) is 1.98. The lowest BCUT2D eigenvalue weighted by atomic mass is 10.3. The molecule has 0 unspecified atom stereocenters. The maximum Gasteiger partial charge on any atom is 0.317 e. The lowest BCUT2D eigenvalue weighted by Crippen LogP contribution is -2.41. The van der Waals surface area contributed by atoms with Crippen LogP contribution in [0.25, 0.3) is 0 Å². The van der Waals surface area contributed by atoms with Crippen LogP contribution in [0.2, 0.25) is 0 Å². The molecule has 0 heterocycles. The Labute approximate surface area is 75.1 Å². The highest BCUT2D eigenvalue weighted by atomic mass is 16.2. The molecule has 0 aliphatic carbocycles. The topological polar surface area (TPSA) is 32.3 Å². The molecule has 3 nitrogen and oxygen atoms in total. The summed E-state index contributed by atoms with van der Waals surface area (Å²) in [5, 5.41) is 2.84. The Morgan fingerprint density at radius 1 is 1.50 bits per heavy atom. The molecule has 0 bridgehead atoms. The maximum absolute atomic E-state index is 11.3. The molecule has 0 saturated heterocycles. The van der Waals surface area contributed by atoms with E-state index in [4.69, 9.17) is 0 Å². The summed E-state index contributed by atoms with van der Waals surface area (Å²) in [6, 6.07) is 0.250. The standard InChI is InChI=1S/C9H20N2O/c1-5-6-7-11(4)9(12)10-8(2)3/h8H,5-7H2,1-4H3,(H,10,12). The van der Waals surface area contributed by atoms with Gasteiger partial charge in [0, 0.05) is 19.6 Å². The molecule has 72 valence electrons. The maximum atomic E-state index is 11.3. The van der Waals surface area contributed by atoms with Crippen molar-refractivity contribution in [3.63, 3.8) is 0 Å². The SMILES string of the molecule is CCCCN(C)C(=O)NC(C)C. The number of amides is 2. The molecule has 0 aromatic carbocycles. The second-order valence-electron chi connectivity index (χ2n) is 3.38. The first kappa shape index (κ1) is 11.3. The van der Waals surface area contributed by atoms with Crippen molar-refractivity contribution in [2.75, 3.05) is 13.6 Å². The summed E-state index contributed by atoms with van der Waals surface area (Å²) in [6.07, 6.45) is 2.20. The summed E-state index contributed by atoms with van der Waals surface area (Å²) in [5.74, 6) is 0. The summed E-state index contributed by atoms with van der Waals surface area (Å²) < 4.78 is 0. The number of hydrogen-bond donors (Lipinski definition) is 1. The van der Waals surface area contributed by atoms with E-state index in [2.05, 4.69) is 12.2 Å². The zero-order chi connectivity index (χ0) is 9.56. The van der Waals surface area contributed by atoms with Crippen molar-refractivity contribution in [3.8, 4) is 0 Å². The minimum absolute atomic E-state index is 0.0263. The highest BCUT2D eigenvalue weighted by molar-refractivity contribution is 5.74. The molecule has 0 aliphatic rings. The van der Waals surface area contributed by atoms with Gasteiger partial charge in [0.25, 0.3) is 0 Å². The molecule has 0 saturated carbocycles. The van der Waals surface area contributed by atoms with Gasteiger partial charge in [0.1, 0.15) is 0 Å². The third-order valence-electron chi connectivity index (χ3n) is 1.61. The Balaban J connectivity index is 3.61. The van der Waals surface area contributed by atoms with Crippen molar-refractivity contribution < 1.29 is 4.79 Å². The fourth-order valence-corrected chi connectivity index (χ4v) is 0.854. The number of nitrogens with one attached hydrogen (secondary N) is 1. The van der Waals surface area contributed by atoms with Gasteiger partial charge < -0.3 is 10.2 Å². The molecule has 3 heteroatoms. The molecule has 1 N–H and O–H groups in total. The first-order chi connectivity index (χ1) is 5.57. The lowest BCUT2D eigenvalue weighted by molar-refractivity contribution is 0.205. The minimum atomic E-state index is 0.0263. The van der Waals surface area contributed by atoms with E-state index < -0.39 is 0 Å². The van der Waals surface area contributed by atoms with Gasteiger partial charge >= 0.3 is 6.03 Å². The molecule has 0 spiro atoms. The van der Waals surface area contributed by atoms with Crippen molar-refractivity contribution in [2.24, 2.45) is 0 Å². The number of hydrogen-bond acceptors (Lipinski definition) is 1. The van der Waals surface area contributed by atoms with Crippen LogP contribution < -0.4 is 5.32 Å². The van der Waals surface area contributed by atoms with Gasteiger partial charge in [-0.1, -0.05) is 13.3 Å². The fraction of sp³-hybridized carbons (Fsp3) is 0.889. The Morgan fingerprint density at radius 3 is 2.50 bits per heavy atom. The Hall–Kier alpha value is -0.730. The largest absolute Gasteiger partial charge is 0.336 e. The minimum Gasteiger partial charge on any atom is -0.336 e. The zero-order valence-electron chi connectivity index (χ0n) is 8.55.